The minimum Gasteiger partial charge on any atom is -0.258 e. The van der Waals surface area contributed by atoms with Crippen molar-refractivity contribution in [1.82, 2.24) is 0 Å². The minimum absolute atomic E-state index is 0.486. The van der Waals surface area contributed by atoms with Gasteiger partial charge < -0.3 is 0 Å². The van der Waals surface area contributed by atoms with Crippen LogP contribution in [-0.4, -0.2) is 4.92 Å². The second-order valence-electron chi connectivity index (χ2n) is 7.02. The summed E-state index contributed by atoms with van der Waals surface area (Å²) in [6, 6.07) is 35.0. The first kappa shape index (κ1) is 19.9. The summed E-state index contributed by atoms with van der Waals surface area (Å²) in [5.74, 6) is -0.813. The van der Waals surface area contributed by atoms with E-state index in [1.165, 1.54) is 28.0 Å². The van der Waals surface area contributed by atoms with Gasteiger partial charge in [0.25, 0.3) is 0 Å². The van der Waals surface area contributed by atoms with Crippen molar-refractivity contribution >= 4 is 28.9 Å². The molecule has 0 bridgehead atoms. The van der Waals surface area contributed by atoms with Gasteiger partial charge in [0.05, 0.1) is 11.1 Å². The first-order valence-electron chi connectivity index (χ1n) is 9.59. The Morgan fingerprint density at radius 1 is 0.700 bits per heavy atom. The Morgan fingerprint density at radius 3 is 1.53 bits per heavy atom. The lowest BCUT2D eigenvalue weighted by molar-refractivity contribution is -0.387. The Bertz CT molecular complexity index is 1050. The largest absolute Gasteiger partial charge is 0.305 e. The Morgan fingerprint density at radius 2 is 1.13 bits per heavy atom. The number of hydrogen-bond donors (Lipinski definition) is 0. The maximum absolute atomic E-state index is 14.0. The van der Waals surface area contributed by atoms with Crippen LogP contribution in [0.2, 0.25) is 0 Å². The standard InChI is InChI=1S/C25H20FNO2P/c26-24-17-16-20(18-25(24)27(28)29)19-30(21-10-4-1-5-11-21,22-12-6-2-7-13-22)23-14-8-3-9-15-23/h1-18H,19H2/q+1. The molecule has 0 radical (unpaired) electrons. The molecule has 0 amide bonds. The molecule has 5 heteroatoms. The number of rotatable bonds is 6. The summed E-state index contributed by atoms with van der Waals surface area (Å²) >= 11 is 0. The molecule has 0 N–H and O–H groups in total. The van der Waals surface area contributed by atoms with Crippen LogP contribution in [0.25, 0.3) is 0 Å². The molecule has 4 aromatic rings. The van der Waals surface area contributed by atoms with Gasteiger partial charge >= 0.3 is 5.69 Å². The second kappa shape index (κ2) is 8.56. The molecule has 0 unspecified atom stereocenters. The van der Waals surface area contributed by atoms with Crippen molar-refractivity contribution in [3.05, 3.63) is 131 Å². The van der Waals surface area contributed by atoms with E-state index in [4.69, 9.17) is 0 Å². The molecular formula is C25H20FNO2P+. The number of benzene rings is 4. The Kier molecular flexibility index (Phi) is 5.69. The topological polar surface area (TPSA) is 43.1 Å². The van der Waals surface area contributed by atoms with Crippen molar-refractivity contribution in [1.29, 1.82) is 0 Å². The van der Waals surface area contributed by atoms with E-state index in [0.29, 0.717) is 6.16 Å². The van der Waals surface area contributed by atoms with Crippen molar-refractivity contribution in [2.75, 3.05) is 0 Å². The Hall–Kier alpha value is -3.36. The highest BCUT2D eigenvalue weighted by Gasteiger charge is 2.45. The monoisotopic (exact) mass is 416 g/mol. The molecule has 148 valence electrons. The van der Waals surface area contributed by atoms with E-state index in [-0.39, 0.29) is 0 Å². The van der Waals surface area contributed by atoms with Crippen LogP contribution in [-0.2, 0) is 6.16 Å². The molecule has 4 aromatic carbocycles. The lowest BCUT2D eigenvalue weighted by Crippen LogP contribution is -2.32. The van der Waals surface area contributed by atoms with Crippen LogP contribution < -0.4 is 15.9 Å². The summed E-state index contributed by atoms with van der Waals surface area (Å²) in [5, 5.41) is 14.9. The molecule has 0 atom stereocenters. The van der Waals surface area contributed by atoms with Crippen LogP contribution in [0.1, 0.15) is 5.56 Å². The highest BCUT2D eigenvalue weighted by atomic mass is 31.2. The van der Waals surface area contributed by atoms with E-state index in [0.717, 1.165) is 5.56 Å². The highest BCUT2D eigenvalue weighted by molar-refractivity contribution is 7.95. The van der Waals surface area contributed by atoms with Gasteiger partial charge in [0.2, 0.25) is 5.82 Å². The van der Waals surface area contributed by atoms with Crippen molar-refractivity contribution in [2.45, 2.75) is 6.16 Å². The van der Waals surface area contributed by atoms with Crippen molar-refractivity contribution in [3.63, 3.8) is 0 Å². The van der Waals surface area contributed by atoms with Crippen LogP contribution in [0.4, 0.5) is 10.1 Å². The number of hydrogen-bond acceptors (Lipinski definition) is 2. The molecule has 0 heterocycles. The van der Waals surface area contributed by atoms with Crippen LogP contribution in [0.5, 0.6) is 0 Å². The average molecular weight is 416 g/mol. The summed E-state index contributed by atoms with van der Waals surface area (Å²) in [6.07, 6.45) is 0.562. The number of halogens is 1. The first-order valence-corrected chi connectivity index (χ1v) is 11.6. The molecule has 3 nitrogen and oxygen atoms in total. The molecule has 0 aromatic heterocycles. The lowest BCUT2D eigenvalue weighted by Gasteiger charge is -2.27. The molecule has 4 rings (SSSR count). The zero-order valence-corrected chi connectivity index (χ0v) is 17.1. The van der Waals surface area contributed by atoms with E-state index in [1.54, 1.807) is 6.07 Å². The predicted octanol–water partition coefficient (Wildman–Crippen LogP) is 5.23. The summed E-state index contributed by atoms with van der Waals surface area (Å²) in [6.45, 7) is 0. The van der Waals surface area contributed by atoms with Crippen LogP contribution in [0.3, 0.4) is 0 Å². The molecule has 0 aliphatic rings. The van der Waals surface area contributed by atoms with Gasteiger partial charge in [-0.3, -0.25) is 10.1 Å². The normalized spacial score (nSPS) is 11.2. The molecule has 0 fully saturated rings. The molecule has 0 saturated carbocycles. The summed E-state index contributed by atoms with van der Waals surface area (Å²) in [7, 11) is -2.19. The maximum atomic E-state index is 14.0. The van der Waals surface area contributed by atoms with Crippen LogP contribution in [0.15, 0.2) is 109 Å². The van der Waals surface area contributed by atoms with Gasteiger partial charge in [0, 0.05) is 6.07 Å². The molecule has 30 heavy (non-hydrogen) atoms. The fraction of sp³-hybridized carbons (Fsp3) is 0.0400. The zero-order chi connectivity index (χ0) is 21.0. The Labute approximate surface area is 175 Å². The lowest BCUT2D eigenvalue weighted by atomic mass is 10.2. The van der Waals surface area contributed by atoms with Crippen molar-refractivity contribution in [2.24, 2.45) is 0 Å². The van der Waals surface area contributed by atoms with E-state index in [1.807, 2.05) is 54.6 Å². The van der Waals surface area contributed by atoms with E-state index in [9.17, 15) is 14.5 Å². The van der Waals surface area contributed by atoms with Gasteiger partial charge in [-0.2, -0.15) is 4.39 Å². The maximum Gasteiger partial charge on any atom is 0.305 e. The SMILES string of the molecule is O=[N+]([O-])c1cc(C[P+](c2ccccc2)(c2ccccc2)c2ccccc2)ccc1F. The fourth-order valence-corrected chi connectivity index (χ4v) is 8.07. The third kappa shape index (κ3) is 3.74. The van der Waals surface area contributed by atoms with Crippen molar-refractivity contribution < 1.29 is 9.31 Å². The molecule has 0 aliphatic carbocycles. The predicted molar refractivity (Wildman–Crippen MR) is 122 cm³/mol. The van der Waals surface area contributed by atoms with Gasteiger partial charge in [-0.1, -0.05) is 60.7 Å². The average Bonchev–Trinajstić information content (AvgIpc) is 2.80. The van der Waals surface area contributed by atoms with Gasteiger partial charge in [-0.15, -0.1) is 0 Å². The number of nitro benzene ring substituents is 1. The zero-order valence-electron chi connectivity index (χ0n) is 16.2. The molecular weight excluding hydrogens is 396 g/mol. The fourth-order valence-electron chi connectivity index (χ4n) is 3.84. The van der Waals surface area contributed by atoms with Crippen LogP contribution >= 0.6 is 7.26 Å². The van der Waals surface area contributed by atoms with Gasteiger partial charge in [0.15, 0.2) is 0 Å². The molecule has 0 aliphatic heterocycles. The smallest absolute Gasteiger partial charge is 0.258 e. The number of nitrogens with zero attached hydrogens (tertiary/aromatic N) is 1. The van der Waals surface area contributed by atoms with Gasteiger partial charge in [-0.05, 0) is 48.0 Å². The van der Waals surface area contributed by atoms with E-state index < -0.39 is 23.7 Å². The third-order valence-corrected chi connectivity index (χ3v) is 9.60. The van der Waals surface area contributed by atoms with Crippen molar-refractivity contribution in [3.8, 4) is 0 Å². The second-order valence-corrected chi connectivity index (χ2v) is 10.5. The van der Waals surface area contributed by atoms with Gasteiger partial charge in [0.1, 0.15) is 23.2 Å². The number of nitro groups is 1. The Balaban J connectivity index is 1.98. The minimum atomic E-state index is -2.19. The molecule has 0 saturated heterocycles. The summed E-state index contributed by atoms with van der Waals surface area (Å²) in [5.41, 5.74) is 0.257. The van der Waals surface area contributed by atoms with E-state index >= 15 is 0 Å². The molecule has 0 spiro atoms. The first-order chi connectivity index (χ1) is 14.6. The highest BCUT2D eigenvalue weighted by Crippen LogP contribution is 2.58. The van der Waals surface area contributed by atoms with Crippen LogP contribution in [0, 0.1) is 15.9 Å². The summed E-state index contributed by atoms with van der Waals surface area (Å²) in [4.78, 5) is 10.7. The van der Waals surface area contributed by atoms with Gasteiger partial charge in [-0.25, -0.2) is 0 Å². The quantitative estimate of drug-likeness (QED) is 0.245. The third-order valence-electron chi connectivity index (χ3n) is 5.22. The summed E-state index contributed by atoms with van der Waals surface area (Å²) < 4.78 is 14.0. The van der Waals surface area contributed by atoms with E-state index in [2.05, 4.69) is 36.4 Å².